The van der Waals surface area contributed by atoms with E-state index >= 15 is 0 Å². The molecule has 0 bridgehead atoms. The van der Waals surface area contributed by atoms with Gasteiger partial charge in [0, 0.05) is 19.2 Å². The molecule has 0 radical (unpaired) electrons. The van der Waals surface area contributed by atoms with Gasteiger partial charge in [-0.1, -0.05) is 6.92 Å². The average molecular weight is 195 g/mol. The second-order valence-corrected chi connectivity index (χ2v) is 4.11. The fourth-order valence-electron chi connectivity index (χ4n) is 1.94. The second-order valence-electron chi connectivity index (χ2n) is 4.11. The van der Waals surface area contributed by atoms with Gasteiger partial charge in [0.25, 0.3) is 0 Å². The summed E-state index contributed by atoms with van der Waals surface area (Å²) in [5.74, 6) is 2.57. The molecule has 78 valence electrons. The Morgan fingerprint density at radius 3 is 2.79 bits per heavy atom. The van der Waals surface area contributed by atoms with Crippen molar-refractivity contribution in [3.05, 3.63) is 6.07 Å². The van der Waals surface area contributed by atoms with Gasteiger partial charge in [0.2, 0.25) is 5.88 Å². The van der Waals surface area contributed by atoms with Crippen LogP contribution in [-0.2, 0) is 7.05 Å². The first-order valence-electron chi connectivity index (χ1n) is 5.03. The number of nitrogens with zero attached hydrogens (tertiary/aromatic N) is 2. The number of ether oxygens (including phenoxy) is 1. The van der Waals surface area contributed by atoms with Gasteiger partial charge in [0.15, 0.2) is 5.82 Å². The van der Waals surface area contributed by atoms with Gasteiger partial charge in [0.1, 0.15) is 0 Å². The van der Waals surface area contributed by atoms with Gasteiger partial charge in [0.05, 0.1) is 7.11 Å². The van der Waals surface area contributed by atoms with Gasteiger partial charge in [-0.05, 0) is 18.8 Å². The number of aromatic nitrogens is 2. The molecular formula is C10H17N3O. The van der Waals surface area contributed by atoms with Crippen LogP contribution in [0.2, 0.25) is 0 Å². The van der Waals surface area contributed by atoms with Crippen molar-refractivity contribution in [2.45, 2.75) is 25.8 Å². The highest BCUT2D eigenvalue weighted by Crippen LogP contribution is 2.29. The predicted octanol–water partition coefficient (Wildman–Crippen LogP) is 1.64. The van der Waals surface area contributed by atoms with Crippen molar-refractivity contribution in [2.24, 2.45) is 13.0 Å². The minimum Gasteiger partial charge on any atom is -0.481 e. The number of rotatable bonds is 3. The number of aryl methyl sites for hydroxylation is 1. The summed E-state index contributed by atoms with van der Waals surface area (Å²) in [5, 5.41) is 7.70. The van der Waals surface area contributed by atoms with E-state index in [2.05, 4.69) is 17.3 Å². The molecule has 0 saturated heterocycles. The van der Waals surface area contributed by atoms with E-state index in [9.17, 15) is 0 Å². The molecule has 0 aliphatic heterocycles. The quantitative estimate of drug-likeness (QED) is 0.797. The smallest absolute Gasteiger partial charge is 0.213 e. The Bertz CT molecular complexity index is 315. The van der Waals surface area contributed by atoms with E-state index in [-0.39, 0.29) is 0 Å². The van der Waals surface area contributed by atoms with E-state index in [1.165, 1.54) is 12.8 Å². The van der Waals surface area contributed by atoms with Gasteiger partial charge in [-0.2, -0.15) is 5.10 Å². The van der Waals surface area contributed by atoms with Crippen LogP contribution in [0.1, 0.15) is 19.8 Å². The molecule has 0 spiro atoms. The zero-order valence-electron chi connectivity index (χ0n) is 8.95. The summed E-state index contributed by atoms with van der Waals surface area (Å²) in [4.78, 5) is 0. The maximum absolute atomic E-state index is 5.14. The third-order valence-electron chi connectivity index (χ3n) is 2.77. The maximum atomic E-state index is 5.14. The Hall–Kier alpha value is -1.19. The third-order valence-corrected chi connectivity index (χ3v) is 2.77. The molecule has 1 saturated carbocycles. The summed E-state index contributed by atoms with van der Waals surface area (Å²) >= 11 is 0. The first kappa shape index (κ1) is 9.37. The molecule has 1 aromatic heterocycles. The molecule has 1 heterocycles. The fraction of sp³-hybridized carbons (Fsp3) is 0.700. The van der Waals surface area contributed by atoms with E-state index < -0.39 is 0 Å². The van der Waals surface area contributed by atoms with Crippen LogP contribution in [0, 0.1) is 5.92 Å². The summed E-state index contributed by atoms with van der Waals surface area (Å²) in [6.45, 7) is 2.27. The van der Waals surface area contributed by atoms with Crippen molar-refractivity contribution >= 4 is 5.82 Å². The van der Waals surface area contributed by atoms with E-state index in [4.69, 9.17) is 4.74 Å². The van der Waals surface area contributed by atoms with Crippen molar-refractivity contribution in [2.75, 3.05) is 12.4 Å². The molecule has 0 atom stereocenters. The average Bonchev–Trinajstić information content (AvgIpc) is 2.43. The van der Waals surface area contributed by atoms with Crippen molar-refractivity contribution in [1.82, 2.24) is 9.78 Å². The molecule has 1 fully saturated rings. The summed E-state index contributed by atoms with van der Waals surface area (Å²) in [5.41, 5.74) is 0. The summed E-state index contributed by atoms with van der Waals surface area (Å²) < 4.78 is 6.88. The van der Waals surface area contributed by atoms with Crippen LogP contribution in [0.3, 0.4) is 0 Å². The van der Waals surface area contributed by atoms with Crippen molar-refractivity contribution in [1.29, 1.82) is 0 Å². The zero-order valence-corrected chi connectivity index (χ0v) is 8.95. The highest BCUT2D eigenvalue weighted by atomic mass is 16.5. The first-order chi connectivity index (χ1) is 6.69. The van der Waals surface area contributed by atoms with Gasteiger partial charge < -0.3 is 10.1 Å². The fourth-order valence-corrected chi connectivity index (χ4v) is 1.94. The van der Waals surface area contributed by atoms with Crippen LogP contribution < -0.4 is 10.1 Å². The van der Waals surface area contributed by atoms with Crippen LogP contribution in [0.15, 0.2) is 6.07 Å². The molecule has 0 aromatic carbocycles. The number of anilines is 1. The predicted molar refractivity (Wildman–Crippen MR) is 55.6 cm³/mol. The lowest BCUT2D eigenvalue weighted by molar-refractivity contribution is 0.308. The van der Waals surface area contributed by atoms with Gasteiger partial charge in [-0.3, -0.25) is 0 Å². The monoisotopic (exact) mass is 195 g/mol. The largest absolute Gasteiger partial charge is 0.481 e. The molecule has 1 aliphatic carbocycles. The lowest BCUT2D eigenvalue weighted by Crippen LogP contribution is -2.33. The number of nitrogens with one attached hydrogen (secondary N) is 1. The van der Waals surface area contributed by atoms with Crippen molar-refractivity contribution < 1.29 is 4.74 Å². The highest BCUT2D eigenvalue weighted by molar-refractivity contribution is 5.40. The van der Waals surface area contributed by atoms with Crippen LogP contribution in [0.4, 0.5) is 5.82 Å². The molecule has 14 heavy (non-hydrogen) atoms. The molecule has 0 unspecified atom stereocenters. The Morgan fingerprint density at radius 2 is 2.29 bits per heavy atom. The summed E-state index contributed by atoms with van der Waals surface area (Å²) in [7, 11) is 3.54. The van der Waals surface area contributed by atoms with Crippen molar-refractivity contribution in [3.8, 4) is 5.88 Å². The van der Waals surface area contributed by atoms with E-state index in [1.807, 2.05) is 13.1 Å². The zero-order chi connectivity index (χ0) is 10.1. The number of methoxy groups -OCH3 is 1. The lowest BCUT2D eigenvalue weighted by Gasteiger charge is -2.33. The van der Waals surface area contributed by atoms with E-state index in [0.29, 0.717) is 6.04 Å². The van der Waals surface area contributed by atoms with Gasteiger partial charge in [-0.25, -0.2) is 4.68 Å². The summed E-state index contributed by atoms with van der Waals surface area (Å²) in [6, 6.07) is 2.54. The molecule has 4 nitrogen and oxygen atoms in total. The Kier molecular flexibility index (Phi) is 2.35. The summed E-state index contributed by atoms with van der Waals surface area (Å²) in [6.07, 6.45) is 2.50. The van der Waals surface area contributed by atoms with Gasteiger partial charge >= 0.3 is 0 Å². The highest BCUT2D eigenvalue weighted by Gasteiger charge is 2.25. The molecule has 4 heteroatoms. The second kappa shape index (κ2) is 3.52. The Labute approximate surface area is 84.3 Å². The molecule has 1 aliphatic rings. The minimum absolute atomic E-state index is 0.601. The van der Waals surface area contributed by atoms with Crippen LogP contribution in [0.25, 0.3) is 0 Å². The maximum Gasteiger partial charge on any atom is 0.213 e. The Balaban J connectivity index is 1.96. The molecule has 2 rings (SSSR count). The minimum atomic E-state index is 0.601. The topological polar surface area (TPSA) is 39.1 Å². The van der Waals surface area contributed by atoms with Crippen LogP contribution in [0.5, 0.6) is 5.88 Å². The SMILES string of the molecule is COc1cc(NC2CC(C)C2)nn1C. The number of hydrogen-bond donors (Lipinski definition) is 1. The van der Waals surface area contributed by atoms with Crippen LogP contribution >= 0.6 is 0 Å². The molecule has 0 amide bonds. The van der Waals surface area contributed by atoms with E-state index in [0.717, 1.165) is 17.6 Å². The standard InChI is InChI=1S/C10H17N3O/c1-7-4-8(5-7)11-9-6-10(14-3)13(2)12-9/h6-8H,4-5H2,1-3H3,(H,11,12). The van der Waals surface area contributed by atoms with E-state index in [1.54, 1.807) is 11.8 Å². The normalized spacial score (nSPS) is 25.6. The third kappa shape index (κ3) is 1.69. The van der Waals surface area contributed by atoms with Gasteiger partial charge in [-0.15, -0.1) is 0 Å². The molecule has 1 aromatic rings. The molecular weight excluding hydrogens is 178 g/mol. The number of hydrogen-bond acceptors (Lipinski definition) is 3. The lowest BCUT2D eigenvalue weighted by atomic mass is 9.82. The Morgan fingerprint density at radius 1 is 1.57 bits per heavy atom. The molecule has 1 N–H and O–H groups in total. The van der Waals surface area contributed by atoms with Crippen LogP contribution in [-0.4, -0.2) is 22.9 Å². The first-order valence-corrected chi connectivity index (χ1v) is 5.03. The van der Waals surface area contributed by atoms with Crippen molar-refractivity contribution in [3.63, 3.8) is 0 Å².